The first-order chi connectivity index (χ1) is 25.0. The molecule has 0 aliphatic rings. The average Bonchev–Trinajstić information content (AvgIpc) is 3.09. The van der Waals surface area contributed by atoms with E-state index in [2.05, 4.69) is 43.5 Å². The van der Waals surface area contributed by atoms with Crippen molar-refractivity contribution in [3.8, 4) is 0 Å². The maximum atomic E-state index is 12.8. The van der Waals surface area contributed by atoms with Crippen molar-refractivity contribution >= 4 is 13.7 Å². The average molecular weight is 756 g/mol. The Hall–Kier alpha value is -1.28. The van der Waals surface area contributed by atoms with Gasteiger partial charge in [-0.15, -0.1) is 0 Å². The van der Waals surface area contributed by atoms with Crippen LogP contribution in [0.25, 0.3) is 0 Å². The second kappa shape index (κ2) is 35.4. The van der Waals surface area contributed by atoms with Gasteiger partial charge in [-0.3, -0.25) is 13.8 Å². The lowest BCUT2D eigenvalue weighted by Gasteiger charge is -2.25. The van der Waals surface area contributed by atoms with Crippen molar-refractivity contribution in [1.29, 1.82) is 0 Å². The molecule has 0 bridgehead atoms. The van der Waals surface area contributed by atoms with Gasteiger partial charge in [-0.2, -0.15) is 0 Å². The minimum Gasteiger partial charge on any atom is -0.387 e. The van der Waals surface area contributed by atoms with Crippen LogP contribution >= 0.6 is 7.82 Å². The number of phosphoric acid groups is 1. The van der Waals surface area contributed by atoms with E-state index in [4.69, 9.17) is 9.05 Å². The third-order valence-electron chi connectivity index (χ3n) is 9.33. The smallest absolute Gasteiger partial charge is 0.387 e. The molecule has 0 radical (unpaired) electrons. The number of rotatable bonds is 38. The Balaban J connectivity index is 4.53. The third-order valence-corrected chi connectivity index (χ3v) is 10.3. The fourth-order valence-electron chi connectivity index (χ4n) is 5.87. The molecule has 1 amide bonds. The molecule has 0 rings (SSSR count). The van der Waals surface area contributed by atoms with Crippen LogP contribution in [0.5, 0.6) is 0 Å². The number of likely N-dealkylation sites (N-methyl/N-ethyl adjacent to an activating group) is 1. The second-order valence-corrected chi connectivity index (χ2v) is 17.2. The Morgan fingerprint density at radius 1 is 0.635 bits per heavy atom. The topological polar surface area (TPSA) is 105 Å². The van der Waals surface area contributed by atoms with Crippen molar-refractivity contribution in [2.75, 3.05) is 40.9 Å². The summed E-state index contributed by atoms with van der Waals surface area (Å²) in [4.78, 5) is 23.0. The fraction of sp³-hybridized carbons (Fsp3) is 0.837. The summed E-state index contributed by atoms with van der Waals surface area (Å²) in [6.07, 6.45) is 42.1. The van der Waals surface area contributed by atoms with Gasteiger partial charge in [0.25, 0.3) is 0 Å². The summed E-state index contributed by atoms with van der Waals surface area (Å²) in [5.74, 6) is -0.198. The lowest BCUT2D eigenvalue weighted by Crippen LogP contribution is -2.45. The number of carbonyl (C=O) groups excluding carboxylic acids is 1. The molecule has 0 aromatic rings. The molecule has 0 aliphatic heterocycles. The number of hydrogen-bond acceptors (Lipinski definition) is 5. The molecule has 0 fully saturated rings. The zero-order chi connectivity index (χ0) is 38.6. The van der Waals surface area contributed by atoms with Gasteiger partial charge in [0.1, 0.15) is 13.2 Å². The Kier molecular flexibility index (Phi) is 34.6. The highest BCUT2D eigenvalue weighted by atomic mass is 31.2. The van der Waals surface area contributed by atoms with Crippen molar-refractivity contribution < 1.29 is 32.9 Å². The molecule has 0 saturated carbocycles. The number of unbranched alkanes of at least 4 members (excludes halogenated alkanes) is 21. The van der Waals surface area contributed by atoms with E-state index in [0.29, 0.717) is 17.4 Å². The highest BCUT2D eigenvalue weighted by Crippen LogP contribution is 2.43. The van der Waals surface area contributed by atoms with Crippen molar-refractivity contribution in [2.45, 2.75) is 193 Å². The van der Waals surface area contributed by atoms with Gasteiger partial charge in [-0.05, 0) is 57.8 Å². The molecule has 1 unspecified atom stereocenters. The Bertz CT molecular complexity index is 948. The number of phosphoric ester groups is 1. The highest BCUT2D eigenvalue weighted by molar-refractivity contribution is 7.47. The van der Waals surface area contributed by atoms with Crippen LogP contribution in [0, 0.1) is 0 Å². The molecule has 52 heavy (non-hydrogen) atoms. The van der Waals surface area contributed by atoms with Crippen molar-refractivity contribution in [3.05, 3.63) is 36.5 Å². The van der Waals surface area contributed by atoms with E-state index < -0.39 is 20.0 Å². The highest BCUT2D eigenvalue weighted by Gasteiger charge is 2.27. The lowest BCUT2D eigenvalue weighted by molar-refractivity contribution is -0.870. The predicted molar refractivity (Wildman–Crippen MR) is 221 cm³/mol. The molecule has 3 atom stereocenters. The van der Waals surface area contributed by atoms with Gasteiger partial charge >= 0.3 is 7.82 Å². The predicted octanol–water partition coefficient (Wildman–Crippen LogP) is 11.5. The number of aliphatic hydroxyl groups excluding tert-OH is 1. The number of allylic oxidation sites excluding steroid dienone is 5. The SMILES string of the molecule is CCCCCCC/C=C/CCCCCCCC(=O)N[C@@H](COP(=O)(O)OCC[N+](C)(C)C)[C@H](O)/C=C/CC/C=C/CCCCCCCCCCCC. The molecule has 0 aromatic heterocycles. The summed E-state index contributed by atoms with van der Waals surface area (Å²) in [5, 5.41) is 13.8. The summed E-state index contributed by atoms with van der Waals surface area (Å²) in [6, 6.07) is -0.864. The van der Waals surface area contributed by atoms with Gasteiger partial charge in [0.2, 0.25) is 5.91 Å². The Morgan fingerprint density at radius 3 is 1.54 bits per heavy atom. The zero-order valence-corrected chi connectivity index (χ0v) is 35.4. The van der Waals surface area contributed by atoms with E-state index in [1.54, 1.807) is 6.08 Å². The molecule has 306 valence electrons. The number of aliphatic hydroxyl groups is 1. The van der Waals surface area contributed by atoms with E-state index in [-0.39, 0.29) is 19.1 Å². The Morgan fingerprint density at radius 2 is 1.06 bits per heavy atom. The van der Waals surface area contributed by atoms with Crippen LogP contribution in [-0.4, -0.2) is 73.4 Å². The monoisotopic (exact) mass is 756 g/mol. The van der Waals surface area contributed by atoms with Gasteiger partial charge < -0.3 is 19.8 Å². The normalized spacial score (nSPS) is 14.8. The van der Waals surface area contributed by atoms with Crippen LogP contribution in [0.4, 0.5) is 0 Å². The summed E-state index contributed by atoms with van der Waals surface area (Å²) < 4.78 is 23.5. The van der Waals surface area contributed by atoms with Crippen molar-refractivity contribution in [1.82, 2.24) is 5.32 Å². The van der Waals surface area contributed by atoms with E-state index >= 15 is 0 Å². The molecule has 3 N–H and O–H groups in total. The third kappa shape index (κ3) is 37.1. The van der Waals surface area contributed by atoms with Crippen LogP contribution in [0.15, 0.2) is 36.5 Å². The van der Waals surface area contributed by atoms with Gasteiger partial charge in [-0.1, -0.05) is 153 Å². The maximum Gasteiger partial charge on any atom is 0.472 e. The fourth-order valence-corrected chi connectivity index (χ4v) is 6.61. The summed E-state index contributed by atoms with van der Waals surface area (Å²) in [6.45, 7) is 4.76. The van der Waals surface area contributed by atoms with Crippen molar-refractivity contribution in [2.24, 2.45) is 0 Å². The van der Waals surface area contributed by atoms with Gasteiger partial charge in [0, 0.05) is 6.42 Å². The van der Waals surface area contributed by atoms with Crippen LogP contribution in [0.2, 0.25) is 0 Å². The lowest BCUT2D eigenvalue weighted by atomic mass is 10.1. The van der Waals surface area contributed by atoms with Crippen molar-refractivity contribution in [3.63, 3.8) is 0 Å². The first kappa shape index (κ1) is 50.7. The second-order valence-electron chi connectivity index (χ2n) is 15.7. The maximum absolute atomic E-state index is 12.8. The molecule has 0 spiro atoms. The molecule has 9 heteroatoms. The number of quaternary nitrogens is 1. The van der Waals surface area contributed by atoms with E-state index in [1.807, 2.05) is 27.2 Å². The number of nitrogens with zero attached hydrogens (tertiary/aromatic N) is 1. The Labute approximate surface area is 321 Å². The number of amides is 1. The minimum absolute atomic E-state index is 0.0544. The molecule has 0 aromatic carbocycles. The number of carbonyl (C=O) groups is 1. The van der Waals surface area contributed by atoms with Gasteiger partial charge in [-0.25, -0.2) is 4.57 Å². The number of nitrogens with one attached hydrogen (secondary N) is 1. The largest absolute Gasteiger partial charge is 0.472 e. The quantitative estimate of drug-likeness (QED) is 0.0251. The number of hydrogen-bond donors (Lipinski definition) is 3. The molecule has 0 saturated heterocycles. The summed E-state index contributed by atoms with van der Waals surface area (Å²) >= 11 is 0. The van der Waals surface area contributed by atoms with Crippen LogP contribution in [0.3, 0.4) is 0 Å². The van der Waals surface area contributed by atoms with Crippen LogP contribution in [0.1, 0.15) is 181 Å². The first-order valence-corrected chi connectivity index (χ1v) is 22.9. The van der Waals surface area contributed by atoms with E-state index in [9.17, 15) is 19.4 Å². The molecular formula is C43H84N2O6P+. The van der Waals surface area contributed by atoms with E-state index in [1.165, 1.54) is 109 Å². The molecule has 8 nitrogen and oxygen atoms in total. The standard InChI is InChI=1S/C43H83N2O6P/c1-6-8-10-12-14-16-18-20-22-23-24-26-28-30-32-34-36-42(46)41(40-51-52(48,49)50-39-38-45(3,4)5)44-43(47)37-35-33-31-29-27-25-21-19-17-15-13-11-9-7-2/h19,21,26,28,34,36,41-42,46H,6-18,20,22-25,27,29-33,35,37-40H2,1-5H3,(H-,44,47,48,49)/p+1/b21-19+,28-26+,36-34+/t41-,42+/m0/s1. The van der Waals surface area contributed by atoms with Crippen LogP contribution in [-0.2, 0) is 18.4 Å². The summed E-state index contributed by atoms with van der Waals surface area (Å²) in [7, 11) is 1.55. The van der Waals surface area contributed by atoms with Gasteiger partial charge in [0.15, 0.2) is 0 Å². The summed E-state index contributed by atoms with van der Waals surface area (Å²) in [5.41, 5.74) is 0. The minimum atomic E-state index is -4.34. The van der Waals surface area contributed by atoms with E-state index in [0.717, 1.165) is 51.4 Å². The molecule has 0 aliphatic carbocycles. The molecule has 0 heterocycles. The molecular weight excluding hydrogens is 671 g/mol. The van der Waals surface area contributed by atoms with Gasteiger partial charge in [0.05, 0.1) is 39.9 Å². The van der Waals surface area contributed by atoms with Crippen LogP contribution < -0.4 is 5.32 Å². The zero-order valence-electron chi connectivity index (χ0n) is 34.5. The first-order valence-electron chi connectivity index (χ1n) is 21.4.